The Morgan fingerprint density at radius 3 is 2.78 bits per heavy atom. The number of rotatable bonds is 4. The zero-order chi connectivity index (χ0) is 15.4. The van der Waals surface area contributed by atoms with Crippen LogP contribution in [0.2, 0.25) is 0 Å². The third-order valence-corrected chi connectivity index (χ3v) is 4.13. The molecule has 23 heavy (non-hydrogen) atoms. The average molecular weight is 335 g/mol. The zero-order valence-corrected chi connectivity index (χ0v) is 14.1. The van der Waals surface area contributed by atoms with Crippen molar-refractivity contribution in [2.45, 2.75) is 25.8 Å². The van der Waals surface area contributed by atoms with Crippen LogP contribution in [0, 0.1) is 0 Å². The van der Waals surface area contributed by atoms with E-state index in [4.69, 9.17) is 4.42 Å². The number of amides is 1. The predicted octanol–water partition coefficient (Wildman–Crippen LogP) is 3.12. The fraction of sp³-hybridized carbons (Fsp3) is 0.389. The number of hydrogen-bond acceptors (Lipinski definition) is 3. The normalized spacial score (nSPS) is 17.6. The van der Waals surface area contributed by atoms with Gasteiger partial charge in [0.15, 0.2) is 0 Å². The lowest BCUT2D eigenvalue weighted by Crippen LogP contribution is -2.52. The Bertz CT molecular complexity index is 627. The average Bonchev–Trinajstić information content (AvgIpc) is 3.03. The summed E-state index contributed by atoms with van der Waals surface area (Å²) in [6.45, 7) is 4.65. The molecule has 0 bridgehead atoms. The quantitative estimate of drug-likeness (QED) is 0.934. The molecule has 5 heteroatoms. The summed E-state index contributed by atoms with van der Waals surface area (Å²) in [5.74, 6) is 1.94. The number of carbonyl (C=O) groups is 1. The zero-order valence-electron chi connectivity index (χ0n) is 13.3. The van der Waals surface area contributed by atoms with Gasteiger partial charge in [0.25, 0.3) is 0 Å². The number of aryl methyl sites for hydroxylation is 1. The minimum atomic E-state index is 0. The standard InChI is InChI=1S/C18H22N2O2.ClH/c1-14-13-19-11-12-20(14)18(21)10-8-16-7-9-17(22-16)15-5-3-2-4-6-15;/h2-7,9,14,19H,8,10-13H2,1H3;1H/t14-;/m1./s1. The lowest BCUT2D eigenvalue weighted by molar-refractivity contribution is -0.133. The van der Waals surface area contributed by atoms with E-state index in [9.17, 15) is 4.79 Å². The Balaban J connectivity index is 0.00000192. The Kier molecular flexibility index (Phi) is 6.25. The number of benzene rings is 1. The highest BCUT2D eigenvalue weighted by molar-refractivity contribution is 5.85. The molecule has 1 amide bonds. The number of carbonyl (C=O) groups excluding carboxylic acids is 1. The monoisotopic (exact) mass is 334 g/mol. The Hall–Kier alpha value is -1.78. The molecule has 0 saturated carbocycles. The Labute approximate surface area is 143 Å². The highest BCUT2D eigenvalue weighted by Gasteiger charge is 2.22. The summed E-state index contributed by atoms with van der Waals surface area (Å²) in [6.07, 6.45) is 1.16. The maximum absolute atomic E-state index is 12.3. The molecule has 2 heterocycles. The largest absolute Gasteiger partial charge is 0.461 e. The molecule has 3 rings (SSSR count). The first-order valence-corrected chi connectivity index (χ1v) is 7.88. The Morgan fingerprint density at radius 2 is 2.04 bits per heavy atom. The van der Waals surface area contributed by atoms with Gasteiger partial charge in [-0.3, -0.25) is 4.79 Å². The maximum Gasteiger partial charge on any atom is 0.223 e. The summed E-state index contributed by atoms with van der Waals surface area (Å²) < 4.78 is 5.85. The first-order chi connectivity index (χ1) is 10.7. The third-order valence-electron chi connectivity index (χ3n) is 4.13. The van der Waals surface area contributed by atoms with Gasteiger partial charge < -0.3 is 14.6 Å². The van der Waals surface area contributed by atoms with Crippen molar-refractivity contribution < 1.29 is 9.21 Å². The van der Waals surface area contributed by atoms with Crippen molar-refractivity contribution >= 4 is 18.3 Å². The van der Waals surface area contributed by atoms with Crippen molar-refractivity contribution in [3.8, 4) is 11.3 Å². The van der Waals surface area contributed by atoms with Crippen molar-refractivity contribution in [2.24, 2.45) is 0 Å². The van der Waals surface area contributed by atoms with E-state index in [0.29, 0.717) is 12.8 Å². The predicted molar refractivity (Wildman–Crippen MR) is 93.8 cm³/mol. The second kappa shape index (κ2) is 8.18. The summed E-state index contributed by atoms with van der Waals surface area (Å²) in [4.78, 5) is 14.3. The van der Waals surface area contributed by atoms with Crippen LogP contribution in [-0.4, -0.2) is 36.5 Å². The van der Waals surface area contributed by atoms with Crippen molar-refractivity contribution in [2.75, 3.05) is 19.6 Å². The highest BCUT2D eigenvalue weighted by Crippen LogP contribution is 2.22. The van der Waals surface area contributed by atoms with Gasteiger partial charge in [-0.1, -0.05) is 30.3 Å². The highest BCUT2D eigenvalue weighted by atomic mass is 35.5. The third kappa shape index (κ3) is 4.36. The number of furan rings is 1. The van der Waals surface area contributed by atoms with Gasteiger partial charge in [0, 0.05) is 44.1 Å². The summed E-state index contributed by atoms with van der Waals surface area (Å²) in [5.41, 5.74) is 1.07. The van der Waals surface area contributed by atoms with Crippen LogP contribution in [0.15, 0.2) is 46.9 Å². The molecule has 1 N–H and O–H groups in total. The smallest absolute Gasteiger partial charge is 0.223 e. The molecule has 1 fully saturated rings. The van der Waals surface area contributed by atoms with Gasteiger partial charge in [0.1, 0.15) is 11.5 Å². The van der Waals surface area contributed by atoms with E-state index < -0.39 is 0 Å². The van der Waals surface area contributed by atoms with Crippen molar-refractivity contribution in [3.63, 3.8) is 0 Å². The molecular weight excluding hydrogens is 312 g/mol. The lowest BCUT2D eigenvalue weighted by Gasteiger charge is -2.34. The summed E-state index contributed by atoms with van der Waals surface area (Å²) in [7, 11) is 0. The summed E-state index contributed by atoms with van der Waals surface area (Å²) in [6, 6.07) is 14.2. The molecule has 0 radical (unpaired) electrons. The van der Waals surface area contributed by atoms with Crippen LogP contribution in [0.1, 0.15) is 19.1 Å². The number of nitrogens with one attached hydrogen (secondary N) is 1. The molecule has 1 aromatic heterocycles. The maximum atomic E-state index is 12.3. The fourth-order valence-electron chi connectivity index (χ4n) is 2.86. The van der Waals surface area contributed by atoms with Gasteiger partial charge in [0.05, 0.1) is 0 Å². The number of nitrogens with zero attached hydrogens (tertiary/aromatic N) is 1. The molecule has 1 saturated heterocycles. The minimum absolute atomic E-state index is 0. The first-order valence-electron chi connectivity index (χ1n) is 7.88. The van der Waals surface area contributed by atoms with Crippen LogP contribution < -0.4 is 5.32 Å². The molecule has 1 atom stereocenters. The van der Waals surface area contributed by atoms with E-state index in [0.717, 1.165) is 36.7 Å². The molecule has 1 aromatic carbocycles. The van der Waals surface area contributed by atoms with Crippen molar-refractivity contribution in [1.82, 2.24) is 10.2 Å². The molecule has 0 unspecified atom stereocenters. The van der Waals surface area contributed by atoms with Gasteiger partial charge in [-0.05, 0) is 19.1 Å². The molecule has 1 aliphatic heterocycles. The SMILES string of the molecule is C[C@@H]1CNCCN1C(=O)CCc1ccc(-c2ccccc2)o1.Cl. The van der Waals surface area contributed by atoms with Crippen LogP contribution in [0.3, 0.4) is 0 Å². The van der Waals surface area contributed by atoms with Crippen LogP contribution in [0.4, 0.5) is 0 Å². The second-order valence-corrected chi connectivity index (χ2v) is 5.77. The number of halogens is 1. The van der Waals surface area contributed by atoms with E-state index in [1.54, 1.807) is 0 Å². The van der Waals surface area contributed by atoms with E-state index in [-0.39, 0.29) is 24.4 Å². The molecule has 124 valence electrons. The minimum Gasteiger partial charge on any atom is -0.461 e. The molecule has 2 aromatic rings. The number of piperazine rings is 1. The molecule has 0 aliphatic carbocycles. The topological polar surface area (TPSA) is 45.5 Å². The van der Waals surface area contributed by atoms with Gasteiger partial charge in [-0.2, -0.15) is 0 Å². The van der Waals surface area contributed by atoms with Crippen molar-refractivity contribution in [3.05, 3.63) is 48.2 Å². The van der Waals surface area contributed by atoms with Crippen molar-refractivity contribution in [1.29, 1.82) is 0 Å². The molecule has 1 aliphatic rings. The van der Waals surface area contributed by atoms with Crippen LogP contribution in [0.25, 0.3) is 11.3 Å². The molecule has 4 nitrogen and oxygen atoms in total. The van der Waals surface area contributed by atoms with E-state index in [1.807, 2.05) is 47.4 Å². The van der Waals surface area contributed by atoms with Crippen LogP contribution in [0.5, 0.6) is 0 Å². The first kappa shape index (κ1) is 17.6. The Morgan fingerprint density at radius 1 is 1.26 bits per heavy atom. The van der Waals surface area contributed by atoms with Gasteiger partial charge in [-0.15, -0.1) is 12.4 Å². The van der Waals surface area contributed by atoms with Crippen LogP contribution in [-0.2, 0) is 11.2 Å². The van der Waals surface area contributed by atoms with Gasteiger partial charge in [-0.25, -0.2) is 0 Å². The van der Waals surface area contributed by atoms with E-state index in [1.165, 1.54) is 0 Å². The molecular formula is C18H23ClN2O2. The van der Waals surface area contributed by atoms with E-state index in [2.05, 4.69) is 12.2 Å². The fourth-order valence-corrected chi connectivity index (χ4v) is 2.86. The summed E-state index contributed by atoms with van der Waals surface area (Å²) >= 11 is 0. The molecule has 0 spiro atoms. The van der Waals surface area contributed by atoms with Gasteiger partial charge >= 0.3 is 0 Å². The van der Waals surface area contributed by atoms with Gasteiger partial charge in [0.2, 0.25) is 5.91 Å². The number of hydrogen-bond donors (Lipinski definition) is 1. The lowest BCUT2D eigenvalue weighted by atomic mass is 10.1. The van der Waals surface area contributed by atoms with Crippen LogP contribution >= 0.6 is 12.4 Å². The van der Waals surface area contributed by atoms with E-state index >= 15 is 0 Å². The summed E-state index contributed by atoms with van der Waals surface area (Å²) in [5, 5.41) is 3.30. The second-order valence-electron chi connectivity index (χ2n) is 5.77.